The quantitative estimate of drug-likeness (QED) is 0.398. The van der Waals surface area contributed by atoms with Crippen LogP contribution in [-0.4, -0.2) is 25.6 Å². The van der Waals surface area contributed by atoms with Gasteiger partial charge in [0.15, 0.2) is 5.82 Å². The third-order valence-electron chi connectivity index (χ3n) is 5.12. The molecule has 2 heterocycles. The summed E-state index contributed by atoms with van der Waals surface area (Å²) in [4.78, 5) is 4.68. The van der Waals surface area contributed by atoms with Gasteiger partial charge >= 0.3 is 0 Å². The molecule has 1 N–H and O–H groups in total. The minimum absolute atomic E-state index is 0.440. The molecule has 6 heteroatoms. The van der Waals surface area contributed by atoms with E-state index in [4.69, 9.17) is 4.74 Å². The van der Waals surface area contributed by atoms with Crippen LogP contribution in [0.4, 0.5) is 0 Å². The first kappa shape index (κ1) is 19.6. The largest absolute Gasteiger partial charge is 0.487 e. The Morgan fingerprint density at radius 2 is 1.72 bits per heavy atom. The fraction of sp³-hybridized carbons (Fsp3) is 0.0769. The van der Waals surface area contributed by atoms with E-state index in [1.54, 1.807) is 0 Å². The predicted molar refractivity (Wildman–Crippen MR) is 125 cm³/mol. The van der Waals surface area contributed by atoms with Crippen molar-refractivity contribution in [3.8, 4) is 5.75 Å². The Bertz CT molecular complexity index is 1340. The first-order valence-electron chi connectivity index (χ1n) is 10.4. The number of aromatic nitrogens is 5. The van der Waals surface area contributed by atoms with E-state index in [0.29, 0.717) is 12.4 Å². The van der Waals surface area contributed by atoms with Gasteiger partial charge in [0.05, 0.1) is 11.2 Å². The molecule has 0 aliphatic heterocycles. The normalized spacial score (nSPS) is 11.2. The summed E-state index contributed by atoms with van der Waals surface area (Å²) in [5.41, 5.74) is 5.41. The zero-order chi connectivity index (χ0) is 21.6. The van der Waals surface area contributed by atoms with Crippen LogP contribution in [0.5, 0.6) is 5.75 Å². The molecule has 0 unspecified atom stereocenters. The van der Waals surface area contributed by atoms with Gasteiger partial charge in [-0.05, 0) is 58.7 Å². The molecule has 2 aromatic heterocycles. The van der Waals surface area contributed by atoms with Crippen LogP contribution in [-0.2, 0) is 13.0 Å². The van der Waals surface area contributed by atoms with Crippen LogP contribution in [0, 0.1) is 0 Å². The molecule has 3 aromatic carbocycles. The van der Waals surface area contributed by atoms with E-state index in [1.807, 2.05) is 48.6 Å². The highest BCUT2D eigenvalue weighted by Crippen LogP contribution is 2.19. The van der Waals surface area contributed by atoms with E-state index < -0.39 is 0 Å². The highest BCUT2D eigenvalue weighted by Gasteiger charge is 2.03. The molecule has 156 valence electrons. The molecule has 0 radical (unpaired) electrons. The average Bonchev–Trinajstić information content (AvgIpc) is 3.36. The molecule has 6 nitrogen and oxygen atoms in total. The van der Waals surface area contributed by atoms with Crippen molar-refractivity contribution in [3.63, 3.8) is 0 Å². The topological polar surface area (TPSA) is 76.6 Å². The second-order valence-corrected chi connectivity index (χ2v) is 7.45. The van der Waals surface area contributed by atoms with E-state index in [-0.39, 0.29) is 0 Å². The van der Waals surface area contributed by atoms with Crippen molar-refractivity contribution in [1.29, 1.82) is 0 Å². The van der Waals surface area contributed by atoms with Crippen molar-refractivity contribution in [2.75, 3.05) is 0 Å². The van der Waals surface area contributed by atoms with Crippen molar-refractivity contribution in [1.82, 2.24) is 25.6 Å². The molecule has 0 saturated carbocycles. The molecule has 0 aliphatic carbocycles. The van der Waals surface area contributed by atoms with E-state index in [0.717, 1.165) is 34.3 Å². The standard InChI is InChI=1S/C26H21N5O/c1-2-7-25-22(5-1)13-14-23(27-25)18-32-24-6-3-4-21(17-24)16-20-10-8-19(9-11-20)12-15-26-28-30-31-29-26/h1-15,17H,16,18H2,(H,28,29,30,31)/b15-12+. The summed E-state index contributed by atoms with van der Waals surface area (Å²) < 4.78 is 6.01. The SMILES string of the molecule is C(=C\c1nn[nH]n1)/c1ccc(Cc2cccc(OCc3ccc4ccccc4n3)c2)cc1. The number of hydrogen-bond acceptors (Lipinski definition) is 5. The van der Waals surface area contributed by atoms with E-state index in [9.17, 15) is 0 Å². The van der Waals surface area contributed by atoms with Crippen molar-refractivity contribution in [2.45, 2.75) is 13.0 Å². The van der Waals surface area contributed by atoms with Crippen molar-refractivity contribution in [3.05, 3.63) is 113 Å². The lowest BCUT2D eigenvalue weighted by Gasteiger charge is -2.09. The number of tetrazole rings is 1. The van der Waals surface area contributed by atoms with Gasteiger partial charge in [-0.15, -0.1) is 10.2 Å². The molecule has 0 bridgehead atoms. The average molecular weight is 419 g/mol. The maximum Gasteiger partial charge on any atom is 0.197 e. The zero-order valence-electron chi connectivity index (χ0n) is 17.3. The van der Waals surface area contributed by atoms with Crippen LogP contribution >= 0.6 is 0 Å². The molecule has 0 saturated heterocycles. The number of hydrogen-bond donors (Lipinski definition) is 1. The number of nitrogens with one attached hydrogen (secondary N) is 1. The highest BCUT2D eigenvalue weighted by molar-refractivity contribution is 5.78. The van der Waals surface area contributed by atoms with Crippen molar-refractivity contribution in [2.24, 2.45) is 0 Å². The number of fused-ring (bicyclic) bond motifs is 1. The predicted octanol–water partition coefficient (Wildman–Crippen LogP) is 5.09. The third kappa shape index (κ3) is 4.87. The molecule has 5 rings (SSSR count). The fourth-order valence-electron chi connectivity index (χ4n) is 3.48. The van der Waals surface area contributed by atoms with Gasteiger partial charge in [-0.25, -0.2) is 4.98 Å². The maximum absolute atomic E-state index is 6.01. The summed E-state index contributed by atoms with van der Waals surface area (Å²) >= 11 is 0. The molecule has 0 amide bonds. The summed E-state index contributed by atoms with van der Waals surface area (Å²) in [5, 5.41) is 14.9. The number of H-pyrrole nitrogens is 1. The Morgan fingerprint density at radius 3 is 2.59 bits per heavy atom. The van der Waals surface area contributed by atoms with Crippen LogP contribution in [0.15, 0.2) is 84.9 Å². The first-order valence-corrected chi connectivity index (χ1v) is 10.4. The molecule has 32 heavy (non-hydrogen) atoms. The number of rotatable bonds is 7. The van der Waals surface area contributed by atoms with E-state index in [2.05, 4.69) is 74.1 Å². The van der Waals surface area contributed by atoms with Crippen molar-refractivity contribution < 1.29 is 4.74 Å². The fourth-order valence-corrected chi connectivity index (χ4v) is 3.48. The van der Waals surface area contributed by atoms with Gasteiger partial charge < -0.3 is 4.74 Å². The Kier molecular flexibility index (Phi) is 5.66. The minimum Gasteiger partial charge on any atom is -0.487 e. The maximum atomic E-state index is 6.01. The molecule has 0 fully saturated rings. The van der Waals surface area contributed by atoms with E-state index in [1.165, 1.54) is 11.1 Å². The lowest BCUT2D eigenvalue weighted by Crippen LogP contribution is -1.99. The third-order valence-corrected chi connectivity index (χ3v) is 5.12. The number of ether oxygens (including phenoxy) is 1. The number of benzene rings is 3. The lowest BCUT2D eigenvalue weighted by atomic mass is 10.0. The second-order valence-electron chi connectivity index (χ2n) is 7.45. The number of nitrogens with zero attached hydrogens (tertiary/aromatic N) is 4. The number of para-hydroxylation sites is 1. The van der Waals surface area contributed by atoms with Gasteiger partial charge in [0.1, 0.15) is 12.4 Å². The monoisotopic (exact) mass is 419 g/mol. The van der Waals surface area contributed by atoms with Crippen LogP contribution in [0.1, 0.15) is 28.2 Å². The van der Waals surface area contributed by atoms with Gasteiger partial charge in [-0.3, -0.25) is 0 Å². The van der Waals surface area contributed by atoms with Crippen LogP contribution < -0.4 is 4.74 Å². The van der Waals surface area contributed by atoms with Gasteiger partial charge in [0.2, 0.25) is 0 Å². The summed E-state index contributed by atoms with van der Waals surface area (Å²) in [6.45, 7) is 0.440. The zero-order valence-corrected chi connectivity index (χ0v) is 17.3. The Labute approximate surface area is 185 Å². The first-order chi connectivity index (χ1) is 15.8. The molecule has 5 aromatic rings. The van der Waals surface area contributed by atoms with Crippen LogP contribution in [0.3, 0.4) is 0 Å². The van der Waals surface area contributed by atoms with E-state index >= 15 is 0 Å². The molecular formula is C26H21N5O. The Hall–Kier alpha value is -4.32. The van der Waals surface area contributed by atoms with Gasteiger partial charge in [0, 0.05) is 5.39 Å². The number of aromatic amines is 1. The molecule has 0 aliphatic rings. The molecule has 0 atom stereocenters. The minimum atomic E-state index is 0.440. The molecular weight excluding hydrogens is 398 g/mol. The molecule has 0 spiro atoms. The van der Waals surface area contributed by atoms with Gasteiger partial charge in [-0.1, -0.05) is 66.7 Å². The summed E-state index contributed by atoms with van der Waals surface area (Å²) in [7, 11) is 0. The van der Waals surface area contributed by atoms with Gasteiger partial charge in [-0.2, -0.15) is 5.21 Å². The van der Waals surface area contributed by atoms with Crippen molar-refractivity contribution >= 4 is 23.1 Å². The summed E-state index contributed by atoms with van der Waals surface area (Å²) in [6, 6.07) is 28.8. The van der Waals surface area contributed by atoms with Crippen LogP contribution in [0.2, 0.25) is 0 Å². The Morgan fingerprint density at radius 1 is 0.812 bits per heavy atom. The highest BCUT2D eigenvalue weighted by atomic mass is 16.5. The van der Waals surface area contributed by atoms with Crippen LogP contribution in [0.25, 0.3) is 23.1 Å². The summed E-state index contributed by atoms with van der Waals surface area (Å²) in [6.07, 6.45) is 4.62. The second kappa shape index (κ2) is 9.22. The lowest BCUT2D eigenvalue weighted by molar-refractivity contribution is 0.301. The smallest absolute Gasteiger partial charge is 0.197 e. The summed E-state index contributed by atoms with van der Waals surface area (Å²) in [5.74, 6) is 1.40. The number of pyridine rings is 1. The Balaban J connectivity index is 1.21. The van der Waals surface area contributed by atoms with Gasteiger partial charge in [0.25, 0.3) is 0 Å².